The number of H-pyrrole nitrogens is 1. The van der Waals surface area contributed by atoms with Crippen molar-refractivity contribution in [3.05, 3.63) is 33.1 Å². The molecule has 1 atom stereocenters. The molecule has 1 unspecified atom stereocenters. The molecule has 13 heavy (non-hydrogen) atoms. The number of nitrogens with one attached hydrogen (secondary N) is 1. The highest BCUT2D eigenvalue weighted by atomic mass is 32.2. The quantitative estimate of drug-likeness (QED) is 0.679. The molecule has 1 aliphatic rings. The zero-order valence-electron chi connectivity index (χ0n) is 6.73. The molecule has 0 aromatic carbocycles. The third kappa shape index (κ3) is 1.68. The molecule has 0 radical (unpaired) electrons. The van der Waals surface area contributed by atoms with Crippen molar-refractivity contribution in [2.45, 2.75) is 6.23 Å². The maximum Gasteiger partial charge on any atom is 0.330 e. The van der Waals surface area contributed by atoms with Crippen LogP contribution in [-0.2, 0) is 4.74 Å². The maximum absolute atomic E-state index is 11.2. The summed E-state index contributed by atoms with van der Waals surface area (Å²) < 4.78 is 6.65. The van der Waals surface area contributed by atoms with Crippen LogP contribution in [0.3, 0.4) is 0 Å². The number of ether oxygens (including phenoxy) is 1. The Labute approximate surface area is 77.7 Å². The molecule has 1 N–H and O–H groups in total. The van der Waals surface area contributed by atoms with Gasteiger partial charge in [0.2, 0.25) is 0 Å². The van der Waals surface area contributed by atoms with Crippen LogP contribution in [0.2, 0.25) is 0 Å². The van der Waals surface area contributed by atoms with Gasteiger partial charge in [-0.25, -0.2) is 4.79 Å². The smallest absolute Gasteiger partial charge is 0.330 e. The average molecular weight is 200 g/mol. The van der Waals surface area contributed by atoms with Crippen LogP contribution in [-0.4, -0.2) is 21.2 Å². The van der Waals surface area contributed by atoms with Gasteiger partial charge >= 0.3 is 5.69 Å². The summed E-state index contributed by atoms with van der Waals surface area (Å²) in [6.45, 7) is 0. The lowest BCUT2D eigenvalue weighted by molar-refractivity contribution is 0.0637. The molecule has 2 heterocycles. The van der Waals surface area contributed by atoms with Gasteiger partial charge in [0.25, 0.3) is 5.56 Å². The third-order valence-corrected chi connectivity index (χ3v) is 2.59. The van der Waals surface area contributed by atoms with Crippen LogP contribution in [0.25, 0.3) is 0 Å². The molecule has 1 aliphatic heterocycles. The van der Waals surface area contributed by atoms with Crippen molar-refractivity contribution in [3.8, 4) is 0 Å². The minimum atomic E-state index is -0.417. The van der Waals surface area contributed by atoms with Gasteiger partial charge in [-0.05, 0) is 0 Å². The van der Waals surface area contributed by atoms with E-state index in [0.717, 1.165) is 5.75 Å². The van der Waals surface area contributed by atoms with E-state index in [0.29, 0.717) is 5.94 Å². The molecule has 0 aliphatic carbocycles. The summed E-state index contributed by atoms with van der Waals surface area (Å²) >= 11 is 1.62. The number of aromatic nitrogens is 2. The van der Waals surface area contributed by atoms with Crippen molar-refractivity contribution in [1.29, 1.82) is 0 Å². The predicted octanol–water partition coefficient (Wildman–Crippen LogP) is -0.244. The standard InChI is InChI=1S/C7H8N2O3S/c10-5-1-2-9(7(11)8-5)6-3-13-4-12-6/h1-2,6H,3-4H2,(H,8,10,11). The van der Waals surface area contributed by atoms with Crippen LogP contribution in [0.15, 0.2) is 21.9 Å². The summed E-state index contributed by atoms with van der Waals surface area (Å²) in [6, 6.07) is 1.31. The van der Waals surface area contributed by atoms with Crippen molar-refractivity contribution in [2.75, 3.05) is 11.7 Å². The van der Waals surface area contributed by atoms with Gasteiger partial charge in [0.05, 0.1) is 5.94 Å². The van der Waals surface area contributed by atoms with Crippen molar-refractivity contribution in [3.63, 3.8) is 0 Å². The Morgan fingerprint density at radius 2 is 2.46 bits per heavy atom. The fourth-order valence-corrected chi connectivity index (χ4v) is 1.95. The Hall–Kier alpha value is -1.01. The van der Waals surface area contributed by atoms with Gasteiger partial charge in [-0.1, -0.05) is 0 Å². The first-order valence-corrected chi connectivity index (χ1v) is 4.93. The first-order chi connectivity index (χ1) is 6.27. The highest BCUT2D eigenvalue weighted by Gasteiger charge is 2.18. The predicted molar refractivity (Wildman–Crippen MR) is 48.8 cm³/mol. The second-order valence-corrected chi connectivity index (χ2v) is 3.60. The summed E-state index contributed by atoms with van der Waals surface area (Å²) in [4.78, 5) is 24.2. The van der Waals surface area contributed by atoms with Crippen LogP contribution in [0.4, 0.5) is 0 Å². The summed E-state index contributed by atoms with van der Waals surface area (Å²) in [5, 5.41) is 0. The van der Waals surface area contributed by atoms with Crippen molar-refractivity contribution in [1.82, 2.24) is 9.55 Å². The lowest BCUT2D eigenvalue weighted by Gasteiger charge is -2.10. The van der Waals surface area contributed by atoms with Gasteiger partial charge in [-0.15, -0.1) is 11.8 Å². The van der Waals surface area contributed by atoms with Gasteiger partial charge < -0.3 is 4.74 Å². The second-order valence-electron chi connectivity index (χ2n) is 2.63. The molecule has 1 fully saturated rings. The zero-order valence-corrected chi connectivity index (χ0v) is 7.54. The Morgan fingerprint density at radius 3 is 3.08 bits per heavy atom. The Kier molecular flexibility index (Phi) is 2.24. The van der Waals surface area contributed by atoms with E-state index in [9.17, 15) is 9.59 Å². The van der Waals surface area contributed by atoms with E-state index < -0.39 is 5.69 Å². The Morgan fingerprint density at radius 1 is 1.62 bits per heavy atom. The van der Waals surface area contributed by atoms with Gasteiger partial charge in [0.1, 0.15) is 6.23 Å². The van der Waals surface area contributed by atoms with Gasteiger partial charge in [-0.2, -0.15) is 0 Å². The second kappa shape index (κ2) is 3.39. The fraction of sp³-hybridized carbons (Fsp3) is 0.429. The number of hydrogen-bond donors (Lipinski definition) is 1. The van der Waals surface area contributed by atoms with E-state index in [1.165, 1.54) is 16.8 Å². The van der Waals surface area contributed by atoms with E-state index in [-0.39, 0.29) is 11.8 Å². The molecule has 1 aromatic rings. The van der Waals surface area contributed by atoms with E-state index in [1.807, 2.05) is 0 Å². The summed E-state index contributed by atoms with van der Waals surface area (Å²) in [5.41, 5.74) is -0.799. The number of aromatic amines is 1. The topological polar surface area (TPSA) is 64.1 Å². The molecule has 0 spiro atoms. The summed E-state index contributed by atoms with van der Waals surface area (Å²) in [7, 11) is 0. The third-order valence-electron chi connectivity index (χ3n) is 1.77. The monoisotopic (exact) mass is 200 g/mol. The highest BCUT2D eigenvalue weighted by Crippen LogP contribution is 2.22. The molecule has 2 rings (SSSR count). The van der Waals surface area contributed by atoms with Crippen LogP contribution in [0.5, 0.6) is 0 Å². The van der Waals surface area contributed by atoms with Gasteiger partial charge in [-0.3, -0.25) is 14.3 Å². The number of nitrogens with zero attached hydrogens (tertiary/aromatic N) is 1. The first-order valence-electron chi connectivity index (χ1n) is 3.78. The number of thioether (sulfide) groups is 1. The molecule has 70 valence electrons. The van der Waals surface area contributed by atoms with Gasteiger partial charge in [0, 0.05) is 18.0 Å². The molecule has 6 heteroatoms. The summed E-state index contributed by atoms with van der Waals surface area (Å²) in [6.07, 6.45) is 1.21. The Balaban J connectivity index is 2.40. The molecule has 0 amide bonds. The largest absolute Gasteiger partial charge is 0.346 e. The normalized spacial score (nSPS) is 22.0. The molecular weight excluding hydrogens is 192 g/mol. The minimum absolute atomic E-state index is 0.241. The molecule has 5 nitrogen and oxygen atoms in total. The minimum Gasteiger partial charge on any atom is -0.346 e. The van der Waals surface area contributed by atoms with E-state index >= 15 is 0 Å². The first kappa shape index (κ1) is 8.58. The van der Waals surface area contributed by atoms with E-state index in [1.54, 1.807) is 11.8 Å². The fourth-order valence-electron chi connectivity index (χ4n) is 1.14. The van der Waals surface area contributed by atoms with Crippen LogP contribution < -0.4 is 11.2 Å². The molecular formula is C7H8N2O3S. The van der Waals surface area contributed by atoms with Crippen molar-refractivity contribution in [2.24, 2.45) is 0 Å². The molecule has 1 saturated heterocycles. The van der Waals surface area contributed by atoms with Crippen molar-refractivity contribution < 1.29 is 4.74 Å². The number of hydrogen-bond acceptors (Lipinski definition) is 4. The zero-order chi connectivity index (χ0) is 9.26. The molecule has 0 bridgehead atoms. The van der Waals surface area contributed by atoms with Crippen LogP contribution >= 0.6 is 11.8 Å². The van der Waals surface area contributed by atoms with E-state index in [4.69, 9.17) is 4.74 Å². The average Bonchev–Trinajstić information content (AvgIpc) is 2.56. The Bertz CT molecular complexity index is 405. The van der Waals surface area contributed by atoms with Crippen LogP contribution in [0, 0.1) is 0 Å². The maximum atomic E-state index is 11.2. The SMILES string of the molecule is O=c1ccn(C2CSCO2)c(=O)[nH]1. The van der Waals surface area contributed by atoms with Crippen molar-refractivity contribution >= 4 is 11.8 Å². The number of rotatable bonds is 1. The summed E-state index contributed by atoms with van der Waals surface area (Å²) in [5.74, 6) is 1.34. The molecule has 0 saturated carbocycles. The highest BCUT2D eigenvalue weighted by molar-refractivity contribution is 7.99. The van der Waals surface area contributed by atoms with Crippen LogP contribution in [0.1, 0.15) is 6.23 Å². The van der Waals surface area contributed by atoms with E-state index in [2.05, 4.69) is 4.98 Å². The lowest BCUT2D eigenvalue weighted by Crippen LogP contribution is -2.31. The van der Waals surface area contributed by atoms with Gasteiger partial charge in [0.15, 0.2) is 0 Å². The molecule has 1 aromatic heterocycles. The lowest BCUT2D eigenvalue weighted by atomic mass is 10.5.